The zero-order chi connectivity index (χ0) is 16.2. The first-order valence-electron chi connectivity index (χ1n) is 7.26. The molecule has 3 rings (SSSR count). The number of benzene rings is 2. The van der Waals surface area contributed by atoms with Crippen LogP contribution in [0.25, 0.3) is 0 Å². The summed E-state index contributed by atoms with van der Waals surface area (Å²) < 4.78 is 20.0. The van der Waals surface area contributed by atoms with Crippen molar-refractivity contribution in [1.82, 2.24) is 0 Å². The summed E-state index contributed by atoms with van der Waals surface area (Å²) in [5, 5.41) is 1.92. The highest BCUT2D eigenvalue weighted by Crippen LogP contribution is 2.40. The van der Waals surface area contributed by atoms with Crippen molar-refractivity contribution in [3.8, 4) is 0 Å². The van der Waals surface area contributed by atoms with Crippen LogP contribution in [-0.2, 0) is 11.3 Å². The highest BCUT2D eigenvalue weighted by Gasteiger charge is 2.25. The van der Waals surface area contributed by atoms with Gasteiger partial charge in [0.05, 0.1) is 0 Å². The number of esters is 1. The van der Waals surface area contributed by atoms with Gasteiger partial charge in [-0.05, 0) is 23.5 Å². The molecule has 0 radical (unpaired) electrons. The van der Waals surface area contributed by atoms with E-state index < -0.39 is 11.8 Å². The molecule has 0 amide bonds. The molecule has 1 aliphatic rings. The van der Waals surface area contributed by atoms with Crippen molar-refractivity contribution in [2.45, 2.75) is 18.3 Å². The normalized spacial score (nSPS) is 16.5. The van der Waals surface area contributed by atoms with Crippen LogP contribution in [0.4, 0.5) is 10.1 Å². The molecule has 2 aromatic rings. The van der Waals surface area contributed by atoms with E-state index in [2.05, 4.69) is 0 Å². The molecular weight excluding hydrogens is 313 g/mol. The van der Waals surface area contributed by atoms with Gasteiger partial charge in [-0.2, -0.15) is 0 Å². The van der Waals surface area contributed by atoms with Crippen molar-refractivity contribution < 1.29 is 13.9 Å². The summed E-state index contributed by atoms with van der Waals surface area (Å²) in [6.07, 6.45) is 2.72. The van der Waals surface area contributed by atoms with Crippen LogP contribution in [-0.4, -0.2) is 5.97 Å². The van der Waals surface area contributed by atoms with Crippen LogP contribution >= 0.6 is 11.8 Å². The number of halogens is 1. The predicted molar refractivity (Wildman–Crippen MR) is 90.5 cm³/mol. The molecule has 0 saturated heterocycles. The number of anilines is 1. The molecule has 0 fully saturated rings. The summed E-state index contributed by atoms with van der Waals surface area (Å²) in [5.74, 6) is -1.31. The lowest BCUT2D eigenvalue weighted by Crippen LogP contribution is -2.13. The lowest BCUT2D eigenvalue weighted by atomic mass is 10.0. The Morgan fingerprint density at radius 2 is 2.04 bits per heavy atom. The molecule has 5 heteroatoms. The number of rotatable bonds is 4. The smallest absolute Gasteiger partial charge is 0.343 e. The van der Waals surface area contributed by atoms with Crippen molar-refractivity contribution in [1.29, 1.82) is 0 Å². The van der Waals surface area contributed by atoms with Crippen LogP contribution < -0.4 is 5.73 Å². The molecule has 1 unspecified atom stereocenters. The van der Waals surface area contributed by atoms with Gasteiger partial charge in [-0.25, -0.2) is 9.18 Å². The van der Waals surface area contributed by atoms with E-state index in [0.717, 1.165) is 12.0 Å². The minimum Gasteiger partial charge on any atom is -0.457 e. The number of ether oxygens (including phenoxy) is 1. The van der Waals surface area contributed by atoms with Crippen LogP contribution in [0, 0.1) is 5.82 Å². The second-order valence-electron chi connectivity index (χ2n) is 5.23. The molecule has 1 aliphatic heterocycles. The maximum absolute atomic E-state index is 14.7. The van der Waals surface area contributed by atoms with Crippen LogP contribution in [0.3, 0.4) is 0 Å². The Labute approximate surface area is 138 Å². The molecule has 118 valence electrons. The summed E-state index contributed by atoms with van der Waals surface area (Å²) in [4.78, 5) is 12.3. The standard InChI is InChI=1S/C18H16FNO2S/c19-17-13(15-7-4-10-23-15)8-9-14(20)16(17)18(21)22-11-12-5-2-1-3-6-12/h1-6,8-10,15H,7,11,20H2. The molecule has 1 atom stereocenters. The van der Waals surface area contributed by atoms with Gasteiger partial charge in [0.2, 0.25) is 0 Å². The van der Waals surface area contributed by atoms with Gasteiger partial charge in [0.25, 0.3) is 0 Å². The Kier molecular flexibility index (Phi) is 4.67. The lowest BCUT2D eigenvalue weighted by molar-refractivity contribution is 0.0468. The van der Waals surface area contributed by atoms with Crippen LogP contribution in [0.2, 0.25) is 0 Å². The number of carbonyl (C=O) groups is 1. The molecule has 2 aromatic carbocycles. The minimum atomic E-state index is -0.735. The number of hydrogen-bond acceptors (Lipinski definition) is 4. The molecule has 23 heavy (non-hydrogen) atoms. The highest BCUT2D eigenvalue weighted by molar-refractivity contribution is 8.02. The maximum atomic E-state index is 14.7. The molecule has 2 N–H and O–H groups in total. The second-order valence-corrected chi connectivity index (χ2v) is 6.34. The Morgan fingerprint density at radius 3 is 2.74 bits per heavy atom. The number of hydrogen-bond donors (Lipinski definition) is 1. The van der Waals surface area contributed by atoms with Crippen molar-refractivity contribution in [3.05, 3.63) is 76.5 Å². The summed E-state index contributed by atoms with van der Waals surface area (Å²) in [6, 6.07) is 12.5. The minimum absolute atomic E-state index is 0.0173. The first-order valence-corrected chi connectivity index (χ1v) is 8.20. The van der Waals surface area contributed by atoms with E-state index >= 15 is 0 Å². The van der Waals surface area contributed by atoms with Gasteiger partial charge < -0.3 is 10.5 Å². The fourth-order valence-corrected chi connectivity index (χ4v) is 3.41. The average molecular weight is 329 g/mol. The third-order valence-electron chi connectivity index (χ3n) is 3.66. The van der Waals surface area contributed by atoms with E-state index in [1.807, 2.05) is 41.8 Å². The van der Waals surface area contributed by atoms with Crippen LogP contribution in [0.5, 0.6) is 0 Å². The molecule has 1 heterocycles. The fraction of sp³-hybridized carbons (Fsp3) is 0.167. The topological polar surface area (TPSA) is 52.3 Å². The van der Waals surface area contributed by atoms with Crippen molar-refractivity contribution in [3.63, 3.8) is 0 Å². The van der Waals surface area contributed by atoms with Crippen LogP contribution in [0.15, 0.2) is 53.9 Å². The quantitative estimate of drug-likeness (QED) is 0.665. The predicted octanol–water partition coefficient (Wildman–Crippen LogP) is 4.46. The van der Waals surface area contributed by atoms with E-state index in [0.29, 0.717) is 5.56 Å². The number of carbonyl (C=O) groups excluding carboxylic acids is 1. The van der Waals surface area contributed by atoms with Crippen molar-refractivity contribution in [2.75, 3.05) is 5.73 Å². The number of nitrogens with two attached hydrogens (primary N) is 1. The number of allylic oxidation sites excluding steroid dienone is 1. The molecule has 0 aliphatic carbocycles. The van der Waals surface area contributed by atoms with Gasteiger partial charge in [0, 0.05) is 16.5 Å². The SMILES string of the molecule is Nc1ccc(C2CC=CS2)c(F)c1C(=O)OCc1ccccc1. The lowest BCUT2D eigenvalue weighted by Gasteiger charge is -2.14. The Bertz CT molecular complexity index is 738. The van der Waals surface area contributed by atoms with E-state index in [9.17, 15) is 9.18 Å². The summed E-state index contributed by atoms with van der Waals surface area (Å²) in [7, 11) is 0. The zero-order valence-electron chi connectivity index (χ0n) is 12.4. The maximum Gasteiger partial charge on any atom is 0.343 e. The fourth-order valence-electron chi connectivity index (χ4n) is 2.44. The Balaban J connectivity index is 1.80. The van der Waals surface area contributed by atoms with Crippen molar-refractivity contribution in [2.24, 2.45) is 0 Å². The van der Waals surface area contributed by atoms with Crippen molar-refractivity contribution >= 4 is 23.4 Å². The Morgan fingerprint density at radius 1 is 1.26 bits per heavy atom. The monoisotopic (exact) mass is 329 g/mol. The van der Waals surface area contributed by atoms with Gasteiger partial charge in [-0.3, -0.25) is 0 Å². The summed E-state index contributed by atoms with van der Waals surface area (Å²) in [5.41, 5.74) is 7.04. The molecule has 0 aromatic heterocycles. The zero-order valence-corrected chi connectivity index (χ0v) is 13.2. The number of thioether (sulfide) groups is 1. The first-order chi connectivity index (χ1) is 11.2. The highest BCUT2D eigenvalue weighted by atomic mass is 32.2. The summed E-state index contributed by atoms with van der Waals surface area (Å²) in [6.45, 7) is 0.0858. The van der Waals surface area contributed by atoms with Gasteiger partial charge in [0.15, 0.2) is 0 Å². The van der Waals surface area contributed by atoms with E-state index in [-0.39, 0.29) is 23.1 Å². The largest absolute Gasteiger partial charge is 0.457 e. The molecule has 3 nitrogen and oxygen atoms in total. The average Bonchev–Trinajstić information content (AvgIpc) is 3.08. The molecular formula is C18H16FNO2S. The van der Waals surface area contributed by atoms with Gasteiger partial charge >= 0.3 is 5.97 Å². The molecule has 0 spiro atoms. The summed E-state index contributed by atoms with van der Waals surface area (Å²) >= 11 is 1.53. The Hall–Kier alpha value is -2.27. The van der Waals surface area contributed by atoms with E-state index in [1.54, 1.807) is 12.1 Å². The molecule has 0 saturated carbocycles. The molecule has 0 bridgehead atoms. The third kappa shape index (κ3) is 3.40. The van der Waals surface area contributed by atoms with Gasteiger partial charge in [0.1, 0.15) is 18.0 Å². The first kappa shape index (κ1) is 15.6. The third-order valence-corrected chi connectivity index (χ3v) is 4.78. The number of nitrogen functional groups attached to an aromatic ring is 1. The van der Waals surface area contributed by atoms with Gasteiger partial charge in [-0.15, -0.1) is 11.8 Å². The van der Waals surface area contributed by atoms with E-state index in [1.165, 1.54) is 11.8 Å². The van der Waals surface area contributed by atoms with E-state index in [4.69, 9.17) is 10.5 Å². The second kappa shape index (κ2) is 6.87. The van der Waals surface area contributed by atoms with Crippen LogP contribution in [0.1, 0.15) is 33.2 Å². The van der Waals surface area contributed by atoms with Gasteiger partial charge in [-0.1, -0.05) is 42.5 Å².